The van der Waals surface area contributed by atoms with E-state index >= 15 is 0 Å². The Balaban J connectivity index is 4.16. The molecule has 2 atom stereocenters. The molecule has 56 valence electrons. The van der Waals surface area contributed by atoms with Crippen LogP contribution in [0.3, 0.4) is 0 Å². The van der Waals surface area contributed by atoms with Crippen LogP contribution in [0, 0.1) is 0 Å². The van der Waals surface area contributed by atoms with Crippen molar-refractivity contribution >= 4 is 17.5 Å². The quantitative estimate of drug-likeness (QED) is 0.611. The first kappa shape index (κ1) is 9.26. The van der Waals surface area contributed by atoms with Gasteiger partial charge in [0.15, 0.2) is 0 Å². The maximum absolute atomic E-state index is 10.4. The smallest absolute Gasteiger partial charge is 0.313 e. The second-order valence-corrected chi connectivity index (χ2v) is 5.38. The first-order chi connectivity index (χ1) is 4.04. The Labute approximate surface area is 54.9 Å². The third-order valence-corrected chi connectivity index (χ3v) is 3.71. The van der Waals surface area contributed by atoms with Gasteiger partial charge in [0.25, 0.3) is 10.7 Å². The summed E-state index contributed by atoms with van der Waals surface area (Å²) in [6.07, 6.45) is 0. The summed E-state index contributed by atoms with van der Waals surface area (Å²) in [5.41, 5.74) is 0. The molecule has 0 aliphatic rings. The molecule has 9 heavy (non-hydrogen) atoms. The van der Waals surface area contributed by atoms with Crippen molar-refractivity contribution < 1.29 is 22.4 Å². The Hall–Kier alpha value is 0.260. The number of hydrogen-bond acceptors (Lipinski definition) is 4. The fourth-order valence-corrected chi connectivity index (χ4v) is 1.40. The molecule has 1 N–H and O–H groups in total. The second-order valence-electron chi connectivity index (χ2n) is 1.03. The van der Waals surface area contributed by atoms with Gasteiger partial charge in [0, 0.05) is 7.11 Å². The molecule has 0 aromatic carbocycles. The van der Waals surface area contributed by atoms with Crippen LogP contribution in [0.25, 0.3) is 0 Å². The molecule has 0 spiro atoms. The summed E-state index contributed by atoms with van der Waals surface area (Å²) < 4.78 is 28.8. The van der Waals surface area contributed by atoms with E-state index in [1.807, 2.05) is 0 Å². The van der Waals surface area contributed by atoms with Crippen molar-refractivity contribution in [1.29, 1.82) is 0 Å². The van der Waals surface area contributed by atoms with Crippen LogP contribution in [-0.4, -0.2) is 23.3 Å². The molecule has 0 aliphatic heterocycles. The highest BCUT2D eigenvalue weighted by molar-refractivity contribution is 8.43. The average Bonchev–Trinajstić information content (AvgIpc) is 1.86. The largest absolute Gasteiger partial charge is 0.442 e. The molecule has 0 heterocycles. The first-order valence-corrected chi connectivity index (χ1v) is 5.16. The lowest BCUT2D eigenvalue weighted by Crippen LogP contribution is -1.94. The minimum Gasteiger partial charge on any atom is -0.313 e. The van der Waals surface area contributed by atoms with Crippen molar-refractivity contribution in [3.8, 4) is 0 Å². The minimum absolute atomic E-state index is 0.984. The number of rotatable bonds is 3. The van der Waals surface area contributed by atoms with Crippen molar-refractivity contribution in [2.75, 3.05) is 14.2 Å². The van der Waals surface area contributed by atoms with Crippen molar-refractivity contribution in [3.05, 3.63) is 0 Å². The SMILES string of the molecule is COS(=O)P(=O)(O)OC. The van der Waals surface area contributed by atoms with Crippen molar-refractivity contribution in [2.24, 2.45) is 0 Å². The van der Waals surface area contributed by atoms with Crippen molar-refractivity contribution in [2.45, 2.75) is 0 Å². The molecule has 0 rings (SSSR count). The van der Waals surface area contributed by atoms with Gasteiger partial charge in [-0.25, -0.2) is 8.77 Å². The van der Waals surface area contributed by atoms with Crippen LogP contribution in [0.4, 0.5) is 0 Å². The Bertz CT molecular complexity index is 155. The van der Waals surface area contributed by atoms with Gasteiger partial charge in [0.1, 0.15) is 0 Å². The minimum atomic E-state index is -4.01. The van der Waals surface area contributed by atoms with Crippen molar-refractivity contribution in [1.82, 2.24) is 0 Å². The normalized spacial score (nSPS) is 20.8. The summed E-state index contributed by atoms with van der Waals surface area (Å²) in [6, 6.07) is 0. The standard InChI is InChI=1S/C2H7O5PS/c1-6-8(3,4)9(5)7-2/h1-2H3,(H,3,4). The van der Waals surface area contributed by atoms with E-state index in [-0.39, 0.29) is 0 Å². The van der Waals surface area contributed by atoms with E-state index in [2.05, 4.69) is 8.71 Å². The second kappa shape index (κ2) is 3.43. The summed E-state index contributed by atoms with van der Waals surface area (Å²) in [4.78, 5) is 8.50. The molecule has 2 unspecified atom stereocenters. The summed E-state index contributed by atoms with van der Waals surface area (Å²) in [5, 5.41) is 0. The lowest BCUT2D eigenvalue weighted by atomic mass is 11.8. The summed E-state index contributed by atoms with van der Waals surface area (Å²) in [6.45, 7) is -4.01. The van der Waals surface area contributed by atoms with Gasteiger partial charge in [0.2, 0.25) is 0 Å². The fraction of sp³-hybridized carbons (Fsp3) is 1.00. The third kappa shape index (κ3) is 2.55. The van der Waals surface area contributed by atoms with Gasteiger partial charge in [-0.3, -0.25) is 4.18 Å². The zero-order valence-electron chi connectivity index (χ0n) is 4.94. The van der Waals surface area contributed by atoms with Gasteiger partial charge in [-0.15, -0.1) is 0 Å². The van der Waals surface area contributed by atoms with E-state index in [1.165, 1.54) is 0 Å². The molecule has 5 nitrogen and oxygen atoms in total. The third-order valence-electron chi connectivity index (χ3n) is 0.562. The average molecular weight is 174 g/mol. The topological polar surface area (TPSA) is 72.8 Å². The monoisotopic (exact) mass is 174 g/mol. The Morgan fingerprint density at radius 2 is 2.00 bits per heavy atom. The van der Waals surface area contributed by atoms with E-state index in [4.69, 9.17) is 4.89 Å². The van der Waals surface area contributed by atoms with E-state index in [0.717, 1.165) is 14.2 Å². The molecular formula is C2H7O5PS. The highest BCUT2D eigenvalue weighted by Crippen LogP contribution is 2.45. The van der Waals surface area contributed by atoms with Gasteiger partial charge in [0.05, 0.1) is 7.11 Å². The lowest BCUT2D eigenvalue weighted by Gasteiger charge is -2.03. The van der Waals surface area contributed by atoms with Crippen LogP contribution in [0.5, 0.6) is 0 Å². The Morgan fingerprint density at radius 3 is 2.11 bits per heavy atom. The van der Waals surface area contributed by atoms with E-state index in [9.17, 15) is 8.77 Å². The summed E-state index contributed by atoms with van der Waals surface area (Å²) >= 11 is 0. The highest BCUT2D eigenvalue weighted by atomic mass is 32.8. The lowest BCUT2D eigenvalue weighted by molar-refractivity contribution is 0.326. The molecule has 0 aromatic rings. The predicted molar refractivity (Wildman–Crippen MR) is 32.0 cm³/mol. The molecule has 0 fully saturated rings. The summed E-state index contributed by atoms with van der Waals surface area (Å²) in [5.74, 6) is 0. The number of hydrogen-bond donors (Lipinski definition) is 1. The van der Waals surface area contributed by atoms with Crippen LogP contribution < -0.4 is 0 Å². The zero-order chi connectivity index (χ0) is 7.49. The molecule has 7 heteroatoms. The molecule has 0 bridgehead atoms. The maximum Gasteiger partial charge on any atom is 0.442 e. The van der Waals surface area contributed by atoms with Crippen LogP contribution >= 0.6 is 6.80 Å². The van der Waals surface area contributed by atoms with Crippen LogP contribution in [-0.2, 0) is 24.0 Å². The van der Waals surface area contributed by atoms with Gasteiger partial charge in [-0.2, -0.15) is 0 Å². The molecule has 0 aliphatic carbocycles. The molecule has 0 radical (unpaired) electrons. The zero-order valence-corrected chi connectivity index (χ0v) is 6.65. The molecule has 0 aromatic heterocycles. The van der Waals surface area contributed by atoms with Crippen LogP contribution in [0.15, 0.2) is 0 Å². The van der Waals surface area contributed by atoms with Gasteiger partial charge < -0.3 is 9.42 Å². The van der Waals surface area contributed by atoms with Gasteiger partial charge in [-0.1, -0.05) is 0 Å². The molecule has 0 saturated heterocycles. The highest BCUT2D eigenvalue weighted by Gasteiger charge is 2.27. The summed E-state index contributed by atoms with van der Waals surface area (Å²) in [7, 11) is -0.211. The van der Waals surface area contributed by atoms with Gasteiger partial charge >= 0.3 is 6.80 Å². The first-order valence-electron chi connectivity index (χ1n) is 1.90. The Morgan fingerprint density at radius 1 is 1.56 bits per heavy atom. The van der Waals surface area contributed by atoms with E-state index in [1.54, 1.807) is 0 Å². The van der Waals surface area contributed by atoms with Crippen molar-refractivity contribution in [3.63, 3.8) is 0 Å². The Kier molecular flexibility index (Phi) is 3.53. The molecule has 0 amide bonds. The molecular weight excluding hydrogens is 167 g/mol. The van der Waals surface area contributed by atoms with Gasteiger partial charge in [-0.05, 0) is 0 Å². The van der Waals surface area contributed by atoms with E-state index in [0.29, 0.717) is 0 Å². The predicted octanol–water partition coefficient (Wildman–Crippen LogP) is 0.0433. The van der Waals surface area contributed by atoms with Crippen LogP contribution in [0.1, 0.15) is 0 Å². The van der Waals surface area contributed by atoms with Crippen LogP contribution in [0.2, 0.25) is 0 Å². The van der Waals surface area contributed by atoms with E-state index < -0.39 is 17.5 Å². The maximum atomic E-state index is 10.4. The fourth-order valence-electron chi connectivity index (χ4n) is 0.155. The molecule has 0 saturated carbocycles.